The number of anilines is 1. The van der Waals surface area contributed by atoms with Crippen LogP contribution in [-0.4, -0.2) is 64.6 Å². The van der Waals surface area contributed by atoms with Crippen LogP contribution >= 0.6 is 11.3 Å². The van der Waals surface area contributed by atoms with Gasteiger partial charge in [-0.1, -0.05) is 23.5 Å². The Bertz CT molecular complexity index is 1310. The van der Waals surface area contributed by atoms with Gasteiger partial charge in [-0.15, -0.1) is 0 Å². The molecule has 1 aliphatic rings. The number of morpholine rings is 1. The quantitative estimate of drug-likeness (QED) is 0.428. The summed E-state index contributed by atoms with van der Waals surface area (Å²) in [7, 11) is 0. The zero-order valence-corrected chi connectivity index (χ0v) is 20.2. The number of aryl methyl sites for hydroxylation is 3. The molecular weight excluding hydrogens is 434 g/mol. The third-order valence-electron chi connectivity index (χ3n) is 6.42. The lowest BCUT2D eigenvalue weighted by Gasteiger charge is -2.27. The van der Waals surface area contributed by atoms with E-state index in [-0.39, 0.29) is 5.91 Å². The predicted octanol–water partition coefficient (Wildman–Crippen LogP) is 4.24. The molecule has 0 unspecified atom stereocenters. The number of hydrogen-bond acceptors (Lipinski definition) is 6. The lowest BCUT2D eigenvalue weighted by atomic mass is 10.1. The summed E-state index contributed by atoms with van der Waals surface area (Å²) in [6, 6.07) is 10.0. The number of nitrogens with zero attached hydrogens (tertiary/aromatic N) is 5. The van der Waals surface area contributed by atoms with Gasteiger partial charge in [0.15, 0.2) is 5.13 Å². The summed E-state index contributed by atoms with van der Waals surface area (Å²) in [6.07, 6.45) is 2.77. The molecule has 4 aromatic rings. The molecule has 1 fully saturated rings. The number of imidazole rings is 1. The number of fused-ring (bicyclic) bond motifs is 2. The zero-order valence-electron chi connectivity index (χ0n) is 19.4. The van der Waals surface area contributed by atoms with Crippen LogP contribution in [0.4, 0.5) is 5.13 Å². The Balaban J connectivity index is 1.50. The topological polar surface area (TPSA) is 63.0 Å². The summed E-state index contributed by atoms with van der Waals surface area (Å²) in [5, 5.41) is 0.746. The van der Waals surface area contributed by atoms with Crippen LogP contribution in [0.5, 0.6) is 0 Å². The Morgan fingerprint density at radius 3 is 2.76 bits per heavy atom. The predicted molar refractivity (Wildman–Crippen MR) is 133 cm³/mol. The van der Waals surface area contributed by atoms with Gasteiger partial charge in [0.1, 0.15) is 11.3 Å². The fraction of sp³-hybridized carbons (Fsp3) is 0.400. The van der Waals surface area contributed by atoms with Crippen LogP contribution in [0.15, 0.2) is 36.5 Å². The van der Waals surface area contributed by atoms with E-state index >= 15 is 0 Å². The molecule has 0 saturated carbocycles. The van der Waals surface area contributed by atoms with Gasteiger partial charge in [-0.05, 0) is 56.5 Å². The highest BCUT2D eigenvalue weighted by molar-refractivity contribution is 7.22. The van der Waals surface area contributed by atoms with Crippen molar-refractivity contribution in [1.29, 1.82) is 0 Å². The normalized spacial score (nSPS) is 14.9. The number of hydrogen-bond donors (Lipinski definition) is 0. The number of benzene rings is 1. The highest BCUT2D eigenvalue weighted by Crippen LogP contribution is 2.33. The van der Waals surface area contributed by atoms with E-state index in [1.54, 1.807) is 11.3 Å². The van der Waals surface area contributed by atoms with Crippen molar-refractivity contribution >= 4 is 38.2 Å². The molecule has 4 heterocycles. The van der Waals surface area contributed by atoms with Crippen LogP contribution in [0.3, 0.4) is 0 Å². The van der Waals surface area contributed by atoms with Crippen molar-refractivity contribution in [2.75, 3.05) is 44.3 Å². The maximum atomic E-state index is 14.0. The summed E-state index contributed by atoms with van der Waals surface area (Å²) in [5.41, 5.74) is 5.48. The minimum atomic E-state index is -0.0541. The maximum absolute atomic E-state index is 14.0. The molecule has 172 valence electrons. The first-order chi connectivity index (χ1) is 16.0. The molecule has 1 saturated heterocycles. The third kappa shape index (κ3) is 4.26. The number of thiazole rings is 1. The monoisotopic (exact) mass is 463 g/mol. The Morgan fingerprint density at radius 1 is 1.12 bits per heavy atom. The van der Waals surface area contributed by atoms with Gasteiger partial charge in [-0.3, -0.25) is 19.0 Å². The molecule has 0 spiro atoms. The third-order valence-corrected chi connectivity index (χ3v) is 7.46. The van der Waals surface area contributed by atoms with Gasteiger partial charge in [0.25, 0.3) is 5.91 Å². The largest absolute Gasteiger partial charge is 0.379 e. The van der Waals surface area contributed by atoms with Gasteiger partial charge in [0, 0.05) is 32.4 Å². The van der Waals surface area contributed by atoms with Gasteiger partial charge in [0.05, 0.1) is 29.1 Å². The molecule has 0 N–H and O–H groups in total. The van der Waals surface area contributed by atoms with Crippen LogP contribution < -0.4 is 4.90 Å². The molecule has 5 rings (SSSR count). The zero-order chi connectivity index (χ0) is 22.9. The summed E-state index contributed by atoms with van der Waals surface area (Å²) in [4.78, 5) is 27.7. The second-order valence-corrected chi connectivity index (χ2v) is 9.60. The van der Waals surface area contributed by atoms with Gasteiger partial charge in [0.2, 0.25) is 0 Å². The van der Waals surface area contributed by atoms with Crippen LogP contribution in [0.1, 0.15) is 33.7 Å². The van der Waals surface area contributed by atoms with Gasteiger partial charge in [-0.2, -0.15) is 0 Å². The molecule has 33 heavy (non-hydrogen) atoms. The van der Waals surface area contributed by atoms with Crippen LogP contribution in [0, 0.1) is 20.8 Å². The standard InChI is InChI=1S/C25H29N5O2S/c1-17-8-9-20-22(18(17)2)27-25(33-20)30(12-6-10-28-13-15-32-16-14-28)24(31)23-19(3)26-21-7-4-5-11-29(21)23/h4-5,7-9,11H,6,10,12-16H2,1-3H3. The first-order valence-electron chi connectivity index (χ1n) is 11.5. The number of rotatable bonds is 6. The van der Waals surface area contributed by atoms with E-state index < -0.39 is 0 Å². The molecule has 1 amide bonds. The van der Waals surface area contributed by atoms with Crippen LogP contribution in [0.25, 0.3) is 15.9 Å². The number of carbonyl (C=O) groups is 1. The first-order valence-corrected chi connectivity index (χ1v) is 12.3. The van der Waals surface area contributed by atoms with E-state index in [1.165, 1.54) is 11.1 Å². The fourth-order valence-corrected chi connectivity index (χ4v) is 5.44. The second-order valence-electron chi connectivity index (χ2n) is 8.59. The lowest BCUT2D eigenvalue weighted by Crippen LogP contribution is -2.39. The maximum Gasteiger partial charge on any atom is 0.278 e. The van der Waals surface area contributed by atoms with E-state index in [1.807, 2.05) is 40.6 Å². The molecule has 0 radical (unpaired) electrons. The van der Waals surface area contributed by atoms with Crippen LogP contribution in [-0.2, 0) is 4.74 Å². The Labute approximate surface area is 197 Å². The van der Waals surface area contributed by atoms with Crippen LogP contribution in [0.2, 0.25) is 0 Å². The summed E-state index contributed by atoms with van der Waals surface area (Å²) >= 11 is 1.58. The second kappa shape index (κ2) is 9.21. The molecule has 0 bridgehead atoms. The highest BCUT2D eigenvalue weighted by Gasteiger charge is 2.26. The van der Waals surface area contributed by atoms with Crippen molar-refractivity contribution < 1.29 is 9.53 Å². The number of pyridine rings is 1. The summed E-state index contributed by atoms with van der Waals surface area (Å²) in [5.74, 6) is -0.0541. The van der Waals surface area contributed by atoms with E-state index in [0.717, 1.165) is 66.0 Å². The van der Waals surface area contributed by atoms with E-state index in [2.05, 4.69) is 35.9 Å². The molecule has 0 aliphatic carbocycles. The molecule has 3 aromatic heterocycles. The van der Waals surface area contributed by atoms with Crippen molar-refractivity contribution in [3.8, 4) is 0 Å². The fourth-order valence-electron chi connectivity index (χ4n) is 4.39. The lowest BCUT2D eigenvalue weighted by molar-refractivity contribution is 0.0376. The molecule has 7 nitrogen and oxygen atoms in total. The van der Waals surface area contributed by atoms with Gasteiger partial charge < -0.3 is 4.74 Å². The first kappa shape index (κ1) is 22.0. The molecule has 1 aliphatic heterocycles. The van der Waals surface area contributed by atoms with E-state index in [9.17, 15) is 4.79 Å². The average molecular weight is 464 g/mol. The summed E-state index contributed by atoms with van der Waals surface area (Å²) in [6.45, 7) is 11.1. The minimum Gasteiger partial charge on any atom is -0.379 e. The average Bonchev–Trinajstić information content (AvgIpc) is 3.40. The molecule has 1 aromatic carbocycles. The Hall–Kier alpha value is -2.81. The van der Waals surface area contributed by atoms with Crippen molar-refractivity contribution in [3.63, 3.8) is 0 Å². The van der Waals surface area contributed by atoms with Gasteiger partial charge >= 0.3 is 0 Å². The van der Waals surface area contributed by atoms with Crippen molar-refractivity contribution in [2.24, 2.45) is 0 Å². The van der Waals surface area contributed by atoms with Crippen molar-refractivity contribution in [1.82, 2.24) is 19.3 Å². The Kier molecular flexibility index (Phi) is 6.14. The van der Waals surface area contributed by atoms with Crippen molar-refractivity contribution in [2.45, 2.75) is 27.2 Å². The molecule has 0 atom stereocenters. The number of amides is 1. The number of carbonyl (C=O) groups excluding carboxylic acids is 1. The molecule has 8 heteroatoms. The summed E-state index contributed by atoms with van der Waals surface area (Å²) < 4.78 is 8.46. The number of ether oxygens (including phenoxy) is 1. The number of aromatic nitrogens is 3. The van der Waals surface area contributed by atoms with E-state index in [4.69, 9.17) is 9.72 Å². The molecular formula is C25H29N5O2S. The SMILES string of the molecule is Cc1ccc2sc(N(CCCN3CCOCC3)C(=O)c3c(C)nc4ccccn34)nc2c1C. The van der Waals surface area contributed by atoms with E-state index in [0.29, 0.717) is 12.2 Å². The smallest absolute Gasteiger partial charge is 0.278 e. The highest BCUT2D eigenvalue weighted by atomic mass is 32.1. The van der Waals surface area contributed by atoms with Gasteiger partial charge in [-0.25, -0.2) is 9.97 Å². The van der Waals surface area contributed by atoms with Crippen molar-refractivity contribution in [3.05, 3.63) is 59.0 Å². The Morgan fingerprint density at radius 2 is 1.94 bits per heavy atom. The minimum absolute atomic E-state index is 0.0541.